The molecule has 0 bridgehead atoms. The molecule has 0 spiro atoms. The van der Waals surface area contributed by atoms with Gasteiger partial charge in [-0.25, -0.2) is 0 Å². The Hall–Kier alpha value is -3.04. The summed E-state index contributed by atoms with van der Waals surface area (Å²) < 4.78 is 7.36. The van der Waals surface area contributed by atoms with E-state index in [1.54, 1.807) is 18.1 Å². The molecule has 0 aliphatic carbocycles. The van der Waals surface area contributed by atoms with Gasteiger partial charge in [0.25, 0.3) is 5.91 Å². The van der Waals surface area contributed by atoms with Gasteiger partial charge in [0.2, 0.25) is 0 Å². The van der Waals surface area contributed by atoms with E-state index in [1.807, 2.05) is 44.2 Å². The van der Waals surface area contributed by atoms with E-state index in [9.17, 15) is 10.1 Å². The summed E-state index contributed by atoms with van der Waals surface area (Å²) in [6, 6.07) is 12.5. The van der Waals surface area contributed by atoms with E-state index >= 15 is 0 Å². The molecule has 6 heteroatoms. The van der Waals surface area contributed by atoms with Crippen LogP contribution in [0.25, 0.3) is 11.8 Å². The van der Waals surface area contributed by atoms with Crippen molar-refractivity contribution in [3.8, 4) is 17.5 Å². The number of nitriles is 1. The maximum absolute atomic E-state index is 13.0. The van der Waals surface area contributed by atoms with Crippen LogP contribution in [0.3, 0.4) is 0 Å². The predicted molar refractivity (Wildman–Crippen MR) is 119 cm³/mol. The lowest BCUT2D eigenvalue weighted by molar-refractivity contribution is -0.128. The smallest absolute Gasteiger partial charge is 0.264 e. The zero-order valence-corrected chi connectivity index (χ0v) is 18.5. The van der Waals surface area contributed by atoms with Gasteiger partial charge in [0, 0.05) is 36.2 Å². The quantitative estimate of drug-likeness (QED) is 0.563. The summed E-state index contributed by atoms with van der Waals surface area (Å²) in [5.74, 6) is 0.626. The second-order valence-corrected chi connectivity index (χ2v) is 8.02. The first-order valence-electron chi connectivity index (χ1n) is 10.3. The average molecular weight is 407 g/mol. The highest BCUT2D eigenvalue weighted by Gasteiger charge is 2.26. The number of rotatable bonds is 5. The highest BCUT2D eigenvalue weighted by atomic mass is 16.5. The highest BCUT2D eigenvalue weighted by molar-refractivity contribution is 6.01. The molecule has 3 rings (SSSR count). The van der Waals surface area contributed by atoms with Gasteiger partial charge in [-0.1, -0.05) is 0 Å². The van der Waals surface area contributed by atoms with Gasteiger partial charge in [0.05, 0.1) is 7.11 Å². The Labute approximate surface area is 179 Å². The number of nitrogens with zero attached hydrogens (tertiary/aromatic N) is 4. The molecule has 1 aliphatic heterocycles. The van der Waals surface area contributed by atoms with Crippen LogP contribution in [0.15, 0.2) is 35.9 Å². The molecule has 2 aromatic rings. The summed E-state index contributed by atoms with van der Waals surface area (Å²) in [6.07, 6.45) is 3.59. The second kappa shape index (κ2) is 9.19. The number of carbonyl (C=O) groups is 1. The lowest BCUT2D eigenvalue weighted by atomic mass is 10.0. The largest absolute Gasteiger partial charge is 0.497 e. The Morgan fingerprint density at radius 1 is 1.20 bits per heavy atom. The summed E-state index contributed by atoms with van der Waals surface area (Å²) in [6.45, 7) is 5.40. The Morgan fingerprint density at radius 3 is 2.37 bits per heavy atom. The standard InChI is InChI=1S/C24H30N4O2/c1-17-14-19(18(2)28(17)22-6-8-23(30-5)9-7-22)15-20(16-25)24(29)27-12-10-21(11-13-27)26(3)4/h6-9,14-15,21H,10-13H2,1-5H3/b20-15-. The Balaban J connectivity index is 1.84. The van der Waals surface area contributed by atoms with Crippen LogP contribution >= 0.6 is 0 Å². The topological polar surface area (TPSA) is 61.5 Å². The van der Waals surface area contributed by atoms with E-state index in [0.29, 0.717) is 19.1 Å². The van der Waals surface area contributed by atoms with E-state index in [1.165, 1.54) is 0 Å². The van der Waals surface area contributed by atoms with E-state index in [-0.39, 0.29) is 11.5 Å². The molecule has 1 amide bonds. The SMILES string of the molecule is COc1ccc(-n2c(C)cc(/C=C(/C#N)C(=O)N3CCC(N(C)C)CC3)c2C)cc1. The maximum atomic E-state index is 13.0. The van der Waals surface area contributed by atoms with Gasteiger partial charge in [0.1, 0.15) is 17.4 Å². The first kappa shape index (κ1) is 21.7. The lowest BCUT2D eigenvalue weighted by Crippen LogP contribution is -2.44. The Morgan fingerprint density at radius 2 is 1.83 bits per heavy atom. The van der Waals surface area contributed by atoms with Crippen LogP contribution in [0, 0.1) is 25.2 Å². The lowest BCUT2D eigenvalue weighted by Gasteiger charge is -2.35. The number of piperidine rings is 1. The van der Waals surface area contributed by atoms with Crippen molar-refractivity contribution in [2.45, 2.75) is 32.7 Å². The summed E-state index contributed by atoms with van der Waals surface area (Å²) in [5.41, 5.74) is 4.12. The molecular formula is C24H30N4O2. The van der Waals surface area contributed by atoms with Crippen LogP contribution < -0.4 is 4.74 Å². The van der Waals surface area contributed by atoms with Gasteiger partial charge in [0.15, 0.2) is 0 Å². The summed E-state index contributed by atoms with van der Waals surface area (Å²) >= 11 is 0. The minimum absolute atomic E-state index is 0.177. The van der Waals surface area contributed by atoms with E-state index in [2.05, 4.69) is 29.6 Å². The van der Waals surface area contributed by atoms with Crippen LogP contribution in [0.1, 0.15) is 29.8 Å². The van der Waals surface area contributed by atoms with Gasteiger partial charge >= 0.3 is 0 Å². The molecule has 158 valence electrons. The molecule has 1 saturated heterocycles. The van der Waals surface area contributed by atoms with E-state index in [0.717, 1.165) is 41.2 Å². The van der Waals surface area contributed by atoms with Gasteiger partial charge in [-0.2, -0.15) is 5.26 Å². The number of methoxy groups -OCH3 is 1. The Bertz CT molecular complexity index is 972. The predicted octanol–water partition coefficient (Wildman–Crippen LogP) is 3.56. The molecule has 0 saturated carbocycles. The molecule has 30 heavy (non-hydrogen) atoms. The van der Waals surface area contributed by atoms with Gasteiger partial charge in [-0.3, -0.25) is 4.79 Å². The van der Waals surface area contributed by atoms with Gasteiger partial charge in [-0.15, -0.1) is 0 Å². The second-order valence-electron chi connectivity index (χ2n) is 8.02. The molecule has 0 N–H and O–H groups in total. The van der Waals surface area contributed by atoms with Crippen molar-refractivity contribution >= 4 is 12.0 Å². The fourth-order valence-electron chi connectivity index (χ4n) is 4.12. The molecule has 1 aromatic heterocycles. The van der Waals surface area contributed by atoms with Crippen molar-refractivity contribution in [3.63, 3.8) is 0 Å². The zero-order valence-electron chi connectivity index (χ0n) is 18.5. The number of likely N-dealkylation sites (tertiary alicyclic amines) is 1. The number of aromatic nitrogens is 1. The Kier molecular flexibility index (Phi) is 6.63. The maximum Gasteiger partial charge on any atom is 0.264 e. The average Bonchev–Trinajstić information content (AvgIpc) is 3.04. The molecule has 1 aromatic carbocycles. The summed E-state index contributed by atoms with van der Waals surface area (Å²) in [7, 11) is 5.79. The monoisotopic (exact) mass is 406 g/mol. The van der Waals surface area contributed by atoms with Crippen LogP contribution in [0.4, 0.5) is 0 Å². The minimum atomic E-state index is -0.177. The number of ether oxygens (including phenoxy) is 1. The van der Waals surface area contributed by atoms with Crippen molar-refractivity contribution in [2.24, 2.45) is 0 Å². The van der Waals surface area contributed by atoms with Crippen LogP contribution in [-0.4, -0.2) is 60.6 Å². The van der Waals surface area contributed by atoms with Crippen molar-refractivity contribution in [2.75, 3.05) is 34.3 Å². The molecular weight excluding hydrogens is 376 g/mol. The van der Waals surface area contributed by atoms with E-state index < -0.39 is 0 Å². The molecule has 6 nitrogen and oxygen atoms in total. The minimum Gasteiger partial charge on any atom is -0.497 e. The van der Waals surface area contributed by atoms with E-state index in [4.69, 9.17) is 4.74 Å². The van der Waals surface area contributed by atoms with Gasteiger partial charge in [-0.05, 0) is 82.8 Å². The summed E-state index contributed by atoms with van der Waals surface area (Å²) in [5, 5.41) is 9.68. The van der Waals surface area contributed by atoms with Crippen molar-refractivity contribution in [1.29, 1.82) is 5.26 Å². The molecule has 0 unspecified atom stereocenters. The van der Waals surface area contributed by atoms with Crippen molar-refractivity contribution in [3.05, 3.63) is 52.9 Å². The van der Waals surface area contributed by atoms with Crippen LogP contribution in [-0.2, 0) is 4.79 Å². The van der Waals surface area contributed by atoms with Crippen LogP contribution in [0.2, 0.25) is 0 Å². The van der Waals surface area contributed by atoms with Crippen LogP contribution in [0.5, 0.6) is 5.75 Å². The number of carbonyl (C=O) groups excluding carboxylic acids is 1. The summed E-state index contributed by atoms with van der Waals surface area (Å²) in [4.78, 5) is 17.0. The van der Waals surface area contributed by atoms with Crippen molar-refractivity contribution < 1.29 is 9.53 Å². The molecule has 2 heterocycles. The first-order valence-corrected chi connectivity index (χ1v) is 10.3. The third-order valence-electron chi connectivity index (χ3n) is 5.93. The van der Waals surface area contributed by atoms with Crippen molar-refractivity contribution in [1.82, 2.24) is 14.4 Å². The number of hydrogen-bond acceptors (Lipinski definition) is 4. The third kappa shape index (κ3) is 4.42. The fourth-order valence-corrected chi connectivity index (χ4v) is 4.12. The normalized spacial score (nSPS) is 15.4. The number of aryl methyl sites for hydroxylation is 1. The molecule has 1 aliphatic rings. The number of hydrogen-bond donors (Lipinski definition) is 0. The zero-order chi connectivity index (χ0) is 21.8. The van der Waals surface area contributed by atoms with Gasteiger partial charge < -0.3 is 19.1 Å². The molecule has 1 fully saturated rings. The fraction of sp³-hybridized carbons (Fsp3) is 0.417. The first-order chi connectivity index (χ1) is 14.3. The number of amides is 1. The third-order valence-corrected chi connectivity index (χ3v) is 5.93. The number of benzene rings is 1. The molecule has 0 atom stereocenters. The molecule has 0 radical (unpaired) electrons. The highest BCUT2D eigenvalue weighted by Crippen LogP contribution is 2.25.